The first-order chi connectivity index (χ1) is 10.7. The van der Waals surface area contributed by atoms with Gasteiger partial charge in [-0.2, -0.15) is 0 Å². The molecule has 4 heteroatoms. The quantitative estimate of drug-likeness (QED) is 0.838. The minimum Gasteiger partial charge on any atom is -0.490 e. The zero-order valence-corrected chi connectivity index (χ0v) is 13.9. The molecule has 0 aliphatic carbocycles. The summed E-state index contributed by atoms with van der Waals surface area (Å²) in [5.74, 6) is 1.46. The molecule has 1 aromatic rings. The summed E-state index contributed by atoms with van der Waals surface area (Å²) in [5, 5.41) is 10.5. The molecule has 1 fully saturated rings. The van der Waals surface area contributed by atoms with Crippen LogP contribution in [0.4, 0.5) is 0 Å². The average molecular weight is 307 g/mol. The highest BCUT2D eigenvalue weighted by molar-refractivity contribution is 5.43. The van der Waals surface area contributed by atoms with Crippen LogP contribution in [0.5, 0.6) is 11.5 Å². The summed E-state index contributed by atoms with van der Waals surface area (Å²) < 4.78 is 11.2. The van der Waals surface area contributed by atoms with Gasteiger partial charge in [0.25, 0.3) is 0 Å². The zero-order chi connectivity index (χ0) is 15.8. The van der Waals surface area contributed by atoms with Crippen LogP contribution in [0.2, 0.25) is 0 Å². The van der Waals surface area contributed by atoms with Gasteiger partial charge in [-0.15, -0.1) is 0 Å². The maximum Gasteiger partial charge on any atom is 0.161 e. The summed E-state index contributed by atoms with van der Waals surface area (Å²) in [6.45, 7) is 7.98. The molecule has 1 aliphatic rings. The molecule has 1 unspecified atom stereocenters. The van der Waals surface area contributed by atoms with Gasteiger partial charge in [0.05, 0.1) is 19.3 Å². The number of hydrogen-bond donors (Lipinski definition) is 1. The summed E-state index contributed by atoms with van der Waals surface area (Å²) in [4.78, 5) is 2.37. The third-order valence-corrected chi connectivity index (χ3v) is 4.08. The van der Waals surface area contributed by atoms with Gasteiger partial charge in [0.1, 0.15) is 0 Å². The fourth-order valence-corrected chi connectivity index (χ4v) is 2.94. The van der Waals surface area contributed by atoms with Gasteiger partial charge in [-0.1, -0.05) is 18.9 Å². The molecule has 1 aliphatic heterocycles. The number of rotatable bonds is 7. The predicted octanol–water partition coefficient (Wildman–Crippen LogP) is 3.39. The molecule has 22 heavy (non-hydrogen) atoms. The van der Waals surface area contributed by atoms with Gasteiger partial charge in [0.15, 0.2) is 11.5 Å². The van der Waals surface area contributed by atoms with Crippen LogP contribution in [0.25, 0.3) is 0 Å². The Kier molecular flexibility index (Phi) is 7.00. The molecule has 1 aromatic carbocycles. The normalized spacial score (nSPS) is 17.8. The molecule has 2 rings (SSSR count). The van der Waals surface area contributed by atoms with Crippen LogP contribution < -0.4 is 9.47 Å². The van der Waals surface area contributed by atoms with Crippen LogP contribution in [-0.2, 0) is 0 Å². The lowest BCUT2D eigenvalue weighted by Gasteiger charge is -2.24. The van der Waals surface area contributed by atoms with Gasteiger partial charge in [-0.3, -0.25) is 0 Å². The second kappa shape index (κ2) is 9.01. The van der Waals surface area contributed by atoms with Gasteiger partial charge >= 0.3 is 0 Å². The Morgan fingerprint density at radius 1 is 1.00 bits per heavy atom. The molecular weight excluding hydrogens is 278 g/mol. The van der Waals surface area contributed by atoms with Crippen molar-refractivity contribution in [3.63, 3.8) is 0 Å². The Labute approximate surface area is 134 Å². The second-order valence-electron chi connectivity index (χ2n) is 5.80. The van der Waals surface area contributed by atoms with Gasteiger partial charge in [-0.05, 0) is 57.5 Å². The smallest absolute Gasteiger partial charge is 0.161 e. The highest BCUT2D eigenvalue weighted by atomic mass is 16.5. The van der Waals surface area contributed by atoms with E-state index in [-0.39, 0.29) is 0 Å². The third-order valence-electron chi connectivity index (χ3n) is 4.08. The van der Waals surface area contributed by atoms with Crippen molar-refractivity contribution in [2.24, 2.45) is 0 Å². The van der Waals surface area contributed by atoms with Gasteiger partial charge in [0, 0.05) is 6.54 Å². The van der Waals surface area contributed by atoms with Crippen molar-refractivity contribution in [1.82, 2.24) is 4.90 Å². The fourth-order valence-electron chi connectivity index (χ4n) is 2.94. The summed E-state index contributed by atoms with van der Waals surface area (Å²) in [5.41, 5.74) is 0.899. The topological polar surface area (TPSA) is 41.9 Å². The predicted molar refractivity (Wildman–Crippen MR) is 88.6 cm³/mol. The lowest BCUT2D eigenvalue weighted by Crippen LogP contribution is -2.29. The SMILES string of the molecule is CCOc1ccc(C(O)CN2CCCCCC2)cc1OCC. The van der Waals surface area contributed by atoms with Gasteiger partial charge in [0.2, 0.25) is 0 Å². The van der Waals surface area contributed by atoms with Crippen molar-refractivity contribution in [3.05, 3.63) is 23.8 Å². The molecule has 0 saturated carbocycles. The van der Waals surface area contributed by atoms with E-state index in [1.165, 1.54) is 25.7 Å². The van der Waals surface area contributed by atoms with Crippen molar-refractivity contribution in [3.8, 4) is 11.5 Å². The van der Waals surface area contributed by atoms with Crippen molar-refractivity contribution in [2.45, 2.75) is 45.6 Å². The Bertz CT molecular complexity index is 442. The Hall–Kier alpha value is -1.26. The Balaban J connectivity index is 2.04. The molecule has 4 nitrogen and oxygen atoms in total. The first-order valence-corrected chi connectivity index (χ1v) is 8.54. The van der Waals surface area contributed by atoms with Crippen LogP contribution >= 0.6 is 0 Å². The first kappa shape index (κ1) is 17.1. The number of nitrogens with zero attached hydrogens (tertiary/aromatic N) is 1. The van der Waals surface area contributed by atoms with E-state index >= 15 is 0 Å². The number of β-amino-alcohol motifs (C(OH)–C–C–N with tert-alkyl or cyclic N) is 1. The molecule has 0 radical (unpaired) electrons. The lowest BCUT2D eigenvalue weighted by molar-refractivity contribution is 0.114. The summed E-state index contributed by atoms with van der Waals surface area (Å²) in [7, 11) is 0. The molecular formula is C18H29NO3. The van der Waals surface area contributed by atoms with E-state index in [0.717, 1.165) is 30.2 Å². The molecule has 0 spiro atoms. The maximum absolute atomic E-state index is 10.5. The van der Waals surface area contributed by atoms with E-state index in [1.807, 2.05) is 32.0 Å². The highest BCUT2D eigenvalue weighted by Gasteiger charge is 2.17. The number of ether oxygens (including phenoxy) is 2. The average Bonchev–Trinajstić information content (AvgIpc) is 2.78. The monoisotopic (exact) mass is 307 g/mol. The van der Waals surface area contributed by atoms with Crippen molar-refractivity contribution >= 4 is 0 Å². The van der Waals surface area contributed by atoms with Crippen LogP contribution in [0.3, 0.4) is 0 Å². The summed E-state index contributed by atoms with van der Waals surface area (Å²) in [6, 6.07) is 5.75. The molecule has 1 N–H and O–H groups in total. The van der Waals surface area contributed by atoms with Crippen molar-refractivity contribution in [2.75, 3.05) is 32.8 Å². The molecule has 0 aromatic heterocycles. The van der Waals surface area contributed by atoms with Gasteiger partial charge < -0.3 is 19.5 Å². The number of aliphatic hydroxyl groups is 1. The molecule has 0 amide bonds. The Morgan fingerprint density at radius 2 is 1.64 bits per heavy atom. The van der Waals surface area contributed by atoms with E-state index in [4.69, 9.17) is 9.47 Å². The van der Waals surface area contributed by atoms with E-state index in [9.17, 15) is 5.11 Å². The zero-order valence-electron chi connectivity index (χ0n) is 13.9. The summed E-state index contributed by atoms with van der Waals surface area (Å²) in [6.07, 6.45) is 4.61. The van der Waals surface area contributed by atoms with Crippen molar-refractivity contribution < 1.29 is 14.6 Å². The molecule has 1 atom stereocenters. The number of aliphatic hydroxyl groups excluding tert-OH is 1. The van der Waals surface area contributed by atoms with E-state index in [1.54, 1.807) is 0 Å². The number of benzene rings is 1. The minimum absolute atomic E-state index is 0.479. The minimum atomic E-state index is -0.479. The van der Waals surface area contributed by atoms with Gasteiger partial charge in [-0.25, -0.2) is 0 Å². The highest BCUT2D eigenvalue weighted by Crippen LogP contribution is 2.31. The third kappa shape index (κ3) is 4.89. The largest absolute Gasteiger partial charge is 0.490 e. The lowest BCUT2D eigenvalue weighted by atomic mass is 10.1. The standard InChI is InChI=1S/C18H29NO3/c1-3-21-17-10-9-15(13-18(17)22-4-2)16(20)14-19-11-7-5-6-8-12-19/h9-10,13,16,20H,3-8,11-12,14H2,1-2H3. The van der Waals surface area contributed by atoms with Crippen molar-refractivity contribution in [1.29, 1.82) is 0 Å². The van der Waals surface area contributed by atoms with E-state index < -0.39 is 6.10 Å². The first-order valence-electron chi connectivity index (χ1n) is 8.54. The fraction of sp³-hybridized carbons (Fsp3) is 0.667. The van der Waals surface area contributed by atoms with Crippen LogP contribution in [0.15, 0.2) is 18.2 Å². The van der Waals surface area contributed by atoms with E-state index in [2.05, 4.69) is 4.90 Å². The van der Waals surface area contributed by atoms with Crippen LogP contribution in [0.1, 0.15) is 51.2 Å². The van der Waals surface area contributed by atoms with E-state index in [0.29, 0.717) is 19.8 Å². The molecule has 0 bridgehead atoms. The number of hydrogen-bond acceptors (Lipinski definition) is 4. The maximum atomic E-state index is 10.5. The second-order valence-corrected chi connectivity index (χ2v) is 5.80. The Morgan fingerprint density at radius 3 is 2.27 bits per heavy atom. The molecule has 124 valence electrons. The number of likely N-dealkylation sites (tertiary alicyclic amines) is 1. The van der Waals surface area contributed by atoms with Crippen LogP contribution in [0, 0.1) is 0 Å². The molecule has 1 heterocycles. The molecule has 1 saturated heterocycles. The summed E-state index contributed by atoms with van der Waals surface area (Å²) >= 11 is 0. The van der Waals surface area contributed by atoms with Crippen LogP contribution in [-0.4, -0.2) is 42.9 Å².